The van der Waals surface area contributed by atoms with Crippen LogP contribution in [0.25, 0.3) is 0 Å². The van der Waals surface area contributed by atoms with Crippen LogP contribution in [0.15, 0.2) is 28.7 Å². The normalized spacial score (nSPS) is 27.6. The minimum absolute atomic E-state index is 0.168. The van der Waals surface area contributed by atoms with Gasteiger partial charge in [0.05, 0.1) is 6.61 Å². The fourth-order valence-corrected chi connectivity index (χ4v) is 1.98. The van der Waals surface area contributed by atoms with Gasteiger partial charge in [0.25, 0.3) is 0 Å². The standard InChI is InChI=1S/C11H14BrNO/c1-11(8-13-6-7-14-11)9-2-4-10(12)5-3-9/h2-5,13H,6-8H2,1H3. The van der Waals surface area contributed by atoms with E-state index in [-0.39, 0.29) is 5.60 Å². The van der Waals surface area contributed by atoms with Gasteiger partial charge in [-0.3, -0.25) is 0 Å². The molecule has 0 radical (unpaired) electrons. The van der Waals surface area contributed by atoms with Crippen LogP contribution >= 0.6 is 15.9 Å². The lowest BCUT2D eigenvalue weighted by Gasteiger charge is -2.34. The van der Waals surface area contributed by atoms with Crippen LogP contribution in [0.3, 0.4) is 0 Å². The van der Waals surface area contributed by atoms with E-state index in [4.69, 9.17) is 4.74 Å². The summed E-state index contributed by atoms with van der Waals surface area (Å²) in [7, 11) is 0. The topological polar surface area (TPSA) is 21.3 Å². The second-order valence-corrected chi connectivity index (χ2v) is 4.68. The maximum atomic E-state index is 5.81. The van der Waals surface area contributed by atoms with E-state index in [1.165, 1.54) is 5.56 Å². The summed E-state index contributed by atoms with van der Waals surface area (Å²) in [6.45, 7) is 4.75. The van der Waals surface area contributed by atoms with E-state index >= 15 is 0 Å². The molecule has 2 nitrogen and oxygen atoms in total. The van der Waals surface area contributed by atoms with Gasteiger partial charge in [-0.15, -0.1) is 0 Å². The molecule has 0 spiro atoms. The van der Waals surface area contributed by atoms with Crippen molar-refractivity contribution in [2.45, 2.75) is 12.5 Å². The molecular formula is C11H14BrNO. The number of hydrogen-bond acceptors (Lipinski definition) is 2. The summed E-state index contributed by atoms with van der Waals surface area (Å²) >= 11 is 3.43. The maximum Gasteiger partial charge on any atom is 0.103 e. The third-order valence-electron chi connectivity index (χ3n) is 2.62. The molecular weight excluding hydrogens is 242 g/mol. The number of halogens is 1. The number of morpholine rings is 1. The monoisotopic (exact) mass is 255 g/mol. The highest BCUT2D eigenvalue weighted by atomic mass is 79.9. The van der Waals surface area contributed by atoms with Crippen molar-refractivity contribution >= 4 is 15.9 Å². The van der Waals surface area contributed by atoms with Crippen molar-refractivity contribution in [3.63, 3.8) is 0 Å². The second-order valence-electron chi connectivity index (χ2n) is 3.76. The molecule has 1 unspecified atom stereocenters. The molecule has 1 aliphatic heterocycles. The molecule has 1 heterocycles. The second kappa shape index (κ2) is 4.01. The van der Waals surface area contributed by atoms with Crippen molar-refractivity contribution in [2.75, 3.05) is 19.7 Å². The highest BCUT2D eigenvalue weighted by molar-refractivity contribution is 9.10. The predicted molar refractivity (Wildman–Crippen MR) is 60.3 cm³/mol. The molecule has 0 saturated carbocycles. The highest BCUT2D eigenvalue weighted by Gasteiger charge is 2.29. The van der Waals surface area contributed by atoms with E-state index in [9.17, 15) is 0 Å². The minimum Gasteiger partial charge on any atom is -0.368 e. The van der Waals surface area contributed by atoms with Gasteiger partial charge in [0.1, 0.15) is 5.60 Å². The van der Waals surface area contributed by atoms with Crippen molar-refractivity contribution in [3.8, 4) is 0 Å². The molecule has 0 bridgehead atoms. The van der Waals surface area contributed by atoms with Crippen LogP contribution < -0.4 is 5.32 Å². The molecule has 1 atom stereocenters. The van der Waals surface area contributed by atoms with E-state index in [1.54, 1.807) is 0 Å². The first-order valence-electron chi connectivity index (χ1n) is 4.81. The predicted octanol–water partition coefficient (Wildman–Crippen LogP) is 2.28. The van der Waals surface area contributed by atoms with Gasteiger partial charge in [0.2, 0.25) is 0 Å². The largest absolute Gasteiger partial charge is 0.368 e. The number of nitrogens with one attached hydrogen (secondary N) is 1. The molecule has 2 rings (SSSR count). The summed E-state index contributed by atoms with van der Waals surface area (Å²) in [4.78, 5) is 0. The molecule has 0 amide bonds. The van der Waals surface area contributed by atoms with E-state index in [2.05, 4.69) is 52.4 Å². The zero-order valence-electron chi connectivity index (χ0n) is 8.22. The van der Waals surface area contributed by atoms with Gasteiger partial charge in [-0.1, -0.05) is 28.1 Å². The van der Waals surface area contributed by atoms with Crippen molar-refractivity contribution in [3.05, 3.63) is 34.3 Å². The van der Waals surface area contributed by atoms with Crippen molar-refractivity contribution in [1.82, 2.24) is 5.32 Å². The van der Waals surface area contributed by atoms with E-state index < -0.39 is 0 Å². The van der Waals surface area contributed by atoms with Gasteiger partial charge in [0, 0.05) is 17.6 Å². The lowest BCUT2D eigenvalue weighted by Crippen LogP contribution is -2.45. The molecule has 1 N–H and O–H groups in total. The Labute approximate surface area is 92.8 Å². The van der Waals surface area contributed by atoms with E-state index in [1.807, 2.05) is 0 Å². The Morgan fingerprint density at radius 1 is 1.36 bits per heavy atom. The molecule has 0 aromatic heterocycles. The molecule has 1 fully saturated rings. The number of ether oxygens (including phenoxy) is 1. The molecule has 0 aliphatic carbocycles. The number of benzene rings is 1. The van der Waals surface area contributed by atoms with Crippen LogP contribution in [0.5, 0.6) is 0 Å². The van der Waals surface area contributed by atoms with Gasteiger partial charge < -0.3 is 10.1 Å². The van der Waals surface area contributed by atoms with Gasteiger partial charge in [0.15, 0.2) is 0 Å². The molecule has 1 aliphatic rings. The lowest BCUT2D eigenvalue weighted by atomic mass is 9.95. The summed E-state index contributed by atoms with van der Waals surface area (Å²) in [6, 6.07) is 8.32. The van der Waals surface area contributed by atoms with Crippen LogP contribution in [0.2, 0.25) is 0 Å². The fourth-order valence-electron chi connectivity index (χ4n) is 1.71. The summed E-state index contributed by atoms with van der Waals surface area (Å²) in [5.41, 5.74) is 1.06. The average molecular weight is 256 g/mol. The highest BCUT2D eigenvalue weighted by Crippen LogP contribution is 2.27. The maximum absolute atomic E-state index is 5.81. The van der Waals surface area contributed by atoms with Crippen LogP contribution in [0, 0.1) is 0 Å². The summed E-state index contributed by atoms with van der Waals surface area (Å²) in [6.07, 6.45) is 0. The zero-order valence-corrected chi connectivity index (χ0v) is 9.80. The van der Waals surface area contributed by atoms with Crippen LogP contribution in [0.4, 0.5) is 0 Å². The van der Waals surface area contributed by atoms with Gasteiger partial charge in [-0.2, -0.15) is 0 Å². The van der Waals surface area contributed by atoms with Gasteiger partial charge in [-0.25, -0.2) is 0 Å². The van der Waals surface area contributed by atoms with Gasteiger partial charge >= 0.3 is 0 Å². The lowest BCUT2D eigenvalue weighted by molar-refractivity contribution is -0.0572. The van der Waals surface area contributed by atoms with E-state index in [0.717, 1.165) is 24.2 Å². The Morgan fingerprint density at radius 3 is 2.64 bits per heavy atom. The first kappa shape index (κ1) is 10.1. The Morgan fingerprint density at radius 2 is 2.07 bits per heavy atom. The van der Waals surface area contributed by atoms with E-state index in [0.29, 0.717) is 0 Å². The van der Waals surface area contributed by atoms with Crippen molar-refractivity contribution < 1.29 is 4.74 Å². The van der Waals surface area contributed by atoms with Crippen molar-refractivity contribution in [2.24, 2.45) is 0 Å². The number of hydrogen-bond donors (Lipinski definition) is 1. The third-order valence-corrected chi connectivity index (χ3v) is 3.15. The van der Waals surface area contributed by atoms with Crippen LogP contribution in [0.1, 0.15) is 12.5 Å². The molecule has 76 valence electrons. The Balaban J connectivity index is 2.23. The Hall–Kier alpha value is -0.380. The van der Waals surface area contributed by atoms with Crippen molar-refractivity contribution in [1.29, 1.82) is 0 Å². The Bertz CT molecular complexity index is 304. The SMILES string of the molecule is CC1(c2ccc(Br)cc2)CNCCO1. The average Bonchev–Trinajstić information content (AvgIpc) is 2.19. The summed E-state index contributed by atoms with van der Waals surface area (Å²) in [5, 5.41) is 3.35. The molecule has 1 saturated heterocycles. The number of rotatable bonds is 1. The molecule has 14 heavy (non-hydrogen) atoms. The Kier molecular flexibility index (Phi) is 2.91. The molecule has 1 aromatic carbocycles. The van der Waals surface area contributed by atoms with Crippen LogP contribution in [-0.4, -0.2) is 19.7 Å². The third kappa shape index (κ3) is 2.00. The first-order valence-corrected chi connectivity index (χ1v) is 5.61. The van der Waals surface area contributed by atoms with Gasteiger partial charge in [-0.05, 0) is 24.6 Å². The summed E-state index contributed by atoms with van der Waals surface area (Å²) in [5.74, 6) is 0. The first-order chi connectivity index (χ1) is 6.71. The fraction of sp³-hybridized carbons (Fsp3) is 0.455. The smallest absolute Gasteiger partial charge is 0.103 e. The molecule has 3 heteroatoms. The summed E-state index contributed by atoms with van der Waals surface area (Å²) < 4.78 is 6.92. The minimum atomic E-state index is -0.168. The van der Waals surface area contributed by atoms with Crippen LogP contribution in [-0.2, 0) is 10.3 Å². The molecule has 1 aromatic rings. The quantitative estimate of drug-likeness (QED) is 0.832. The zero-order chi connectivity index (χ0) is 10.0.